The first-order chi connectivity index (χ1) is 27.2. The van der Waals surface area contributed by atoms with Gasteiger partial charge in [0.05, 0.1) is 47.0 Å². The lowest BCUT2D eigenvalue weighted by molar-refractivity contribution is -0.972. The number of hydrogen-bond acceptors (Lipinski definition) is 9. The fourth-order valence-electron chi connectivity index (χ4n) is 6.53. The molecule has 17 heteroatoms. The number of halogens is 3. The van der Waals surface area contributed by atoms with Crippen molar-refractivity contribution in [1.29, 1.82) is 0 Å². The molecule has 0 spiro atoms. The smallest absolute Gasteiger partial charge is 0.264 e. The lowest BCUT2D eigenvalue weighted by Gasteiger charge is -2.34. The quantitative estimate of drug-likeness (QED) is 0.110. The molecule has 2 aliphatic rings. The molecule has 0 amide bonds. The minimum atomic E-state index is -3.92. The maximum Gasteiger partial charge on any atom is 0.264 e. The van der Waals surface area contributed by atoms with E-state index in [2.05, 4.69) is 68.3 Å². The molecule has 5 aromatic rings. The highest BCUT2D eigenvalue weighted by Gasteiger charge is 2.38. The normalized spacial score (nSPS) is 14.1. The zero-order chi connectivity index (χ0) is 42.6. The number of quaternary nitrogens is 2. The molecule has 2 aliphatic heterocycles. The van der Waals surface area contributed by atoms with Crippen molar-refractivity contribution in [3.8, 4) is 0 Å². The summed E-state index contributed by atoms with van der Waals surface area (Å²) < 4.78 is 121. The molecule has 11 nitrogen and oxygen atoms in total. The summed E-state index contributed by atoms with van der Waals surface area (Å²) in [6.07, 6.45) is 2.30. The van der Waals surface area contributed by atoms with E-state index in [-0.39, 0.29) is 29.4 Å². The SMILES string of the molecule is CS(=O)(=O)OCc1cccc(F)c1COS(C)(=O)=O.CS(=O)(=O)[O-].Fc1cccc2c1C[N+](Cc1ccccc1)(Cc1ccccc1)C2.Fc1cccc2c1C[NH2+]C2. The fraction of sp³-hybridized carbons (Fsp3) is 0.268. The van der Waals surface area contributed by atoms with Crippen molar-refractivity contribution in [1.82, 2.24) is 0 Å². The third-order valence-corrected chi connectivity index (χ3v) is 10.0. The van der Waals surface area contributed by atoms with E-state index in [1.807, 2.05) is 24.3 Å². The van der Waals surface area contributed by atoms with E-state index in [0.29, 0.717) is 6.26 Å². The van der Waals surface area contributed by atoms with E-state index < -0.39 is 42.8 Å². The molecule has 0 fully saturated rings. The number of rotatable bonds is 10. The van der Waals surface area contributed by atoms with Crippen LogP contribution in [0.3, 0.4) is 0 Å². The van der Waals surface area contributed by atoms with E-state index in [1.165, 1.54) is 29.3 Å². The Balaban J connectivity index is 0.000000193. The Bertz CT molecular complexity index is 2430. The summed E-state index contributed by atoms with van der Waals surface area (Å²) >= 11 is 0. The predicted molar refractivity (Wildman–Crippen MR) is 211 cm³/mol. The van der Waals surface area contributed by atoms with Crippen molar-refractivity contribution in [2.45, 2.75) is 52.5 Å². The minimum Gasteiger partial charge on any atom is -0.748 e. The fourth-order valence-corrected chi connectivity index (χ4v) is 7.21. The molecule has 0 bridgehead atoms. The van der Waals surface area contributed by atoms with E-state index in [9.17, 15) is 30.0 Å². The second kappa shape index (κ2) is 20.5. The van der Waals surface area contributed by atoms with E-state index >= 15 is 0 Å². The molecule has 5 aromatic carbocycles. The summed E-state index contributed by atoms with van der Waals surface area (Å²) in [6.45, 7) is 4.32. The van der Waals surface area contributed by atoms with Gasteiger partial charge in [-0.15, -0.1) is 0 Å². The van der Waals surface area contributed by atoms with Gasteiger partial charge < -0.3 is 14.4 Å². The molecule has 58 heavy (non-hydrogen) atoms. The molecule has 7 rings (SSSR count). The summed E-state index contributed by atoms with van der Waals surface area (Å²) in [6, 6.07) is 35.8. The number of nitrogens with two attached hydrogens (primary N) is 1. The van der Waals surface area contributed by atoms with Crippen LogP contribution in [-0.4, -0.2) is 53.1 Å². The van der Waals surface area contributed by atoms with Crippen LogP contribution in [0.2, 0.25) is 0 Å². The Morgan fingerprint density at radius 3 is 1.53 bits per heavy atom. The van der Waals surface area contributed by atoms with Crippen molar-refractivity contribution in [2.24, 2.45) is 0 Å². The molecule has 0 saturated heterocycles. The Labute approximate surface area is 338 Å². The zero-order valence-electron chi connectivity index (χ0n) is 32.2. The zero-order valence-corrected chi connectivity index (χ0v) is 34.6. The van der Waals surface area contributed by atoms with Crippen LogP contribution in [0, 0.1) is 17.5 Å². The van der Waals surface area contributed by atoms with E-state index in [4.69, 9.17) is 13.0 Å². The van der Waals surface area contributed by atoms with Crippen LogP contribution < -0.4 is 5.32 Å². The minimum absolute atomic E-state index is 0.0498. The Morgan fingerprint density at radius 2 is 1.03 bits per heavy atom. The van der Waals surface area contributed by atoms with Crippen LogP contribution in [-0.2, 0) is 91.2 Å². The molecular formula is C41H46F3N2O9S3+. The average molecular weight is 864 g/mol. The Hall–Kier alpha value is -4.46. The lowest BCUT2D eigenvalue weighted by Crippen LogP contribution is -2.77. The molecule has 0 atom stereocenters. The van der Waals surface area contributed by atoms with E-state index in [1.54, 1.807) is 12.1 Å². The molecule has 312 valence electrons. The highest BCUT2D eigenvalue weighted by atomic mass is 32.2. The van der Waals surface area contributed by atoms with Gasteiger partial charge in [0.2, 0.25) is 0 Å². The molecule has 0 saturated carbocycles. The van der Waals surface area contributed by atoms with Crippen LogP contribution in [0.1, 0.15) is 44.5 Å². The number of nitrogens with zero attached hydrogens (tertiary/aromatic N) is 1. The highest BCUT2D eigenvalue weighted by molar-refractivity contribution is 7.86. The molecule has 0 unspecified atom stereocenters. The number of benzene rings is 5. The van der Waals surface area contributed by atoms with Crippen LogP contribution in [0.5, 0.6) is 0 Å². The monoisotopic (exact) mass is 863 g/mol. The van der Waals surface area contributed by atoms with Gasteiger partial charge in [-0.1, -0.05) is 97.1 Å². The summed E-state index contributed by atoms with van der Waals surface area (Å²) in [5.41, 5.74) is 6.85. The first-order valence-corrected chi connectivity index (χ1v) is 23.3. The third-order valence-electron chi connectivity index (χ3n) is 8.93. The Kier molecular flexibility index (Phi) is 16.3. The first kappa shape index (κ1) is 46.2. The van der Waals surface area contributed by atoms with Crippen LogP contribution in [0.4, 0.5) is 13.2 Å². The van der Waals surface area contributed by atoms with Crippen molar-refractivity contribution in [3.05, 3.63) is 177 Å². The summed E-state index contributed by atoms with van der Waals surface area (Å²) in [4.78, 5) is 0. The van der Waals surface area contributed by atoms with Crippen molar-refractivity contribution < 1.29 is 61.1 Å². The second-order valence-electron chi connectivity index (χ2n) is 13.9. The molecule has 0 radical (unpaired) electrons. The van der Waals surface area contributed by atoms with Gasteiger partial charge in [0.25, 0.3) is 20.2 Å². The summed E-state index contributed by atoms with van der Waals surface area (Å²) in [5, 5.41) is 2.10. The van der Waals surface area contributed by atoms with Gasteiger partial charge in [0, 0.05) is 34.1 Å². The molecular weight excluding hydrogens is 818 g/mol. The van der Waals surface area contributed by atoms with Crippen molar-refractivity contribution >= 4 is 30.4 Å². The summed E-state index contributed by atoms with van der Waals surface area (Å²) in [7, 11) is -11.3. The second-order valence-corrected chi connectivity index (χ2v) is 18.6. The topological polar surface area (TPSA) is 161 Å². The number of hydrogen-bond donors (Lipinski definition) is 1. The van der Waals surface area contributed by atoms with Gasteiger partial charge >= 0.3 is 0 Å². The largest absolute Gasteiger partial charge is 0.748 e. The third kappa shape index (κ3) is 15.7. The van der Waals surface area contributed by atoms with Gasteiger partial charge in [-0.2, -0.15) is 16.8 Å². The highest BCUT2D eigenvalue weighted by Crippen LogP contribution is 2.36. The first-order valence-electron chi connectivity index (χ1n) is 17.8. The van der Waals surface area contributed by atoms with Crippen LogP contribution >= 0.6 is 0 Å². The van der Waals surface area contributed by atoms with Crippen molar-refractivity contribution in [2.75, 3.05) is 18.8 Å². The van der Waals surface area contributed by atoms with Gasteiger partial charge in [-0.3, -0.25) is 8.37 Å². The predicted octanol–water partition coefficient (Wildman–Crippen LogP) is 5.40. The van der Waals surface area contributed by atoms with E-state index in [0.717, 1.165) is 84.6 Å². The van der Waals surface area contributed by atoms with Crippen molar-refractivity contribution in [3.63, 3.8) is 0 Å². The molecule has 0 aromatic heterocycles. The van der Waals surface area contributed by atoms with Crippen LogP contribution in [0.25, 0.3) is 0 Å². The average Bonchev–Trinajstić information content (AvgIpc) is 3.77. The standard InChI is InChI=1S/C22H21FN.C10H13FO6S2.C8H8FN.CH4O3S/c23-22-13-7-12-20-16-24(17-21(20)22,14-18-8-3-1-4-9-18)15-19-10-5-2-6-11-19;1-18(12,13)16-6-8-4-3-5-10(11)9(8)7-17-19(2,14)15;9-8-3-1-2-6-4-10-5-7(6)8;1-5(2,3)4/h1-13H,14-17H2;3-5H,6-7H2,1-2H3;1-3,10H,4-5H2;1H3,(H,2,3,4)/q+1;;;. The van der Waals surface area contributed by atoms with Gasteiger partial charge in [0.15, 0.2) is 0 Å². The molecule has 2 heterocycles. The molecule has 2 N–H and O–H groups in total. The number of fused-ring (bicyclic) bond motifs is 2. The van der Waals surface area contributed by atoms with Gasteiger partial charge in [-0.05, 0) is 23.8 Å². The lowest BCUT2D eigenvalue weighted by atomic mass is 10.1. The van der Waals surface area contributed by atoms with Crippen LogP contribution in [0.15, 0.2) is 115 Å². The molecule has 0 aliphatic carbocycles. The summed E-state index contributed by atoms with van der Waals surface area (Å²) in [5.74, 6) is -0.807. The van der Waals surface area contributed by atoms with Gasteiger partial charge in [-0.25, -0.2) is 21.6 Å². The Morgan fingerprint density at radius 1 is 0.569 bits per heavy atom. The maximum absolute atomic E-state index is 14.3. The maximum atomic E-state index is 14.3. The van der Waals surface area contributed by atoms with Gasteiger partial charge in [0.1, 0.15) is 56.7 Å².